The van der Waals surface area contributed by atoms with Crippen LogP contribution in [0.2, 0.25) is 0 Å². The summed E-state index contributed by atoms with van der Waals surface area (Å²) >= 11 is 0. The molecule has 1 aromatic heterocycles. The van der Waals surface area contributed by atoms with Crippen molar-refractivity contribution in [2.24, 2.45) is 5.92 Å². The zero-order chi connectivity index (χ0) is 25.4. The summed E-state index contributed by atoms with van der Waals surface area (Å²) in [5, 5.41) is 12.3. The molecule has 1 aliphatic rings. The number of hydrogen-bond donors (Lipinski definition) is 1. The van der Waals surface area contributed by atoms with Gasteiger partial charge in [0.05, 0.1) is 5.56 Å². The molecule has 35 heavy (non-hydrogen) atoms. The number of nitrogens with one attached hydrogen (secondary N) is 1. The maximum absolute atomic E-state index is 14.1. The number of pyridine rings is 1. The van der Waals surface area contributed by atoms with E-state index in [9.17, 15) is 24.0 Å². The van der Waals surface area contributed by atoms with Crippen molar-refractivity contribution >= 4 is 11.7 Å². The van der Waals surface area contributed by atoms with E-state index < -0.39 is 17.2 Å². The molecule has 0 aliphatic heterocycles. The van der Waals surface area contributed by atoms with Crippen LogP contribution < -0.4 is 15.6 Å². The first-order valence-corrected chi connectivity index (χ1v) is 11.7. The lowest BCUT2D eigenvalue weighted by atomic mass is 9.86. The number of amides is 1. The highest BCUT2D eigenvalue weighted by atomic mass is 19.1. The van der Waals surface area contributed by atoms with Gasteiger partial charge in [-0.05, 0) is 49.4 Å². The standard InChI is InChI=1S/C26H30FN3O5/c1-17-6-3-4-7-22(17)29-24(31)16-35-23-9-8-20(27)13-21(23)25(32)19-12-18(14-28)26(33)30(15-19)10-5-11-34-2/h8-9,12-13,15,17,22H,3-7,10-11,16H2,1-2H3,(H,29,31). The molecule has 1 amide bonds. The predicted octanol–water partition coefficient (Wildman–Crippen LogP) is 3.20. The Labute approximate surface area is 203 Å². The second-order valence-electron chi connectivity index (χ2n) is 8.79. The van der Waals surface area contributed by atoms with Crippen molar-refractivity contribution in [1.82, 2.24) is 9.88 Å². The van der Waals surface area contributed by atoms with Crippen LogP contribution in [0.25, 0.3) is 0 Å². The van der Waals surface area contributed by atoms with Crippen LogP contribution >= 0.6 is 0 Å². The lowest BCUT2D eigenvalue weighted by Crippen LogP contribution is -2.43. The Bertz CT molecular complexity index is 1170. The molecule has 0 bridgehead atoms. The van der Waals surface area contributed by atoms with Crippen molar-refractivity contribution in [3.8, 4) is 11.8 Å². The minimum absolute atomic E-state index is 0.0366. The molecule has 1 N–H and O–H groups in total. The second-order valence-corrected chi connectivity index (χ2v) is 8.79. The Morgan fingerprint density at radius 2 is 2.03 bits per heavy atom. The molecule has 2 unspecified atom stereocenters. The van der Waals surface area contributed by atoms with Gasteiger partial charge in [0.15, 0.2) is 12.4 Å². The summed E-state index contributed by atoms with van der Waals surface area (Å²) in [5.74, 6) is -1.18. The van der Waals surface area contributed by atoms with Gasteiger partial charge in [-0.2, -0.15) is 5.26 Å². The lowest BCUT2D eigenvalue weighted by Gasteiger charge is -2.29. The molecular formula is C26H30FN3O5. The van der Waals surface area contributed by atoms with E-state index in [-0.39, 0.29) is 47.5 Å². The number of carbonyl (C=O) groups is 2. The fourth-order valence-electron chi connectivity index (χ4n) is 4.27. The van der Waals surface area contributed by atoms with Gasteiger partial charge in [0.2, 0.25) is 0 Å². The van der Waals surface area contributed by atoms with Crippen LogP contribution in [0.15, 0.2) is 35.3 Å². The molecule has 9 heteroatoms. The van der Waals surface area contributed by atoms with Gasteiger partial charge in [0, 0.05) is 38.1 Å². The molecule has 0 radical (unpaired) electrons. The minimum atomic E-state index is -0.657. The third-order valence-corrected chi connectivity index (χ3v) is 6.22. The normalized spacial score (nSPS) is 17.4. The smallest absolute Gasteiger partial charge is 0.268 e. The summed E-state index contributed by atoms with van der Waals surface area (Å²) in [5.41, 5.74) is -0.790. The summed E-state index contributed by atoms with van der Waals surface area (Å²) < 4.78 is 25.9. The number of nitrogens with zero attached hydrogens (tertiary/aromatic N) is 2. The van der Waals surface area contributed by atoms with E-state index >= 15 is 0 Å². The molecule has 1 aromatic carbocycles. The number of methoxy groups -OCH3 is 1. The van der Waals surface area contributed by atoms with Crippen molar-refractivity contribution in [3.05, 3.63) is 63.3 Å². The van der Waals surface area contributed by atoms with E-state index in [0.717, 1.165) is 37.8 Å². The zero-order valence-electron chi connectivity index (χ0n) is 20.0. The summed E-state index contributed by atoms with van der Waals surface area (Å²) in [6, 6.07) is 6.52. The molecule has 186 valence electrons. The first-order valence-electron chi connectivity index (χ1n) is 11.7. The third-order valence-electron chi connectivity index (χ3n) is 6.22. The van der Waals surface area contributed by atoms with Gasteiger partial charge in [-0.25, -0.2) is 4.39 Å². The number of rotatable bonds is 10. The van der Waals surface area contributed by atoms with Gasteiger partial charge in [-0.1, -0.05) is 19.8 Å². The first-order chi connectivity index (χ1) is 16.8. The largest absolute Gasteiger partial charge is 0.483 e. The fraction of sp³-hybridized carbons (Fsp3) is 0.462. The average Bonchev–Trinajstić information content (AvgIpc) is 2.85. The molecule has 0 spiro atoms. The minimum Gasteiger partial charge on any atom is -0.483 e. The van der Waals surface area contributed by atoms with E-state index in [1.165, 1.54) is 30.0 Å². The zero-order valence-corrected chi connectivity index (χ0v) is 20.0. The molecule has 3 rings (SSSR count). The maximum Gasteiger partial charge on any atom is 0.268 e. The van der Waals surface area contributed by atoms with Crippen LogP contribution in [0.5, 0.6) is 5.75 Å². The second kappa shape index (κ2) is 12.3. The van der Waals surface area contributed by atoms with Crippen LogP contribution in [-0.4, -0.2) is 42.6 Å². The summed E-state index contributed by atoms with van der Waals surface area (Å²) in [7, 11) is 1.53. The quantitative estimate of drug-likeness (QED) is 0.411. The van der Waals surface area contributed by atoms with Crippen LogP contribution in [0, 0.1) is 23.1 Å². The summed E-state index contributed by atoms with van der Waals surface area (Å²) in [6.07, 6.45) is 6.02. The van der Waals surface area contributed by atoms with Gasteiger partial charge in [0.25, 0.3) is 11.5 Å². The van der Waals surface area contributed by atoms with Crippen molar-refractivity contribution < 1.29 is 23.5 Å². The van der Waals surface area contributed by atoms with Gasteiger partial charge in [-0.3, -0.25) is 14.4 Å². The van der Waals surface area contributed by atoms with Gasteiger partial charge >= 0.3 is 0 Å². The molecule has 1 saturated carbocycles. The number of aryl methyl sites for hydroxylation is 1. The molecule has 1 heterocycles. The highest BCUT2D eigenvalue weighted by molar-refractivity contribution is 6.10. The van der Waals surface area contributed by atoms with Crippen molar-refractivity contribution in [2.75, 3.05) is 20.3 Å². The van der Waals surface area contributed by atoms with Crippen LogP contribution in [0.4, 0.5) is 4.39 Å². The number of nitriles is 1. The van der Waals surface area contributed by atoms with Crippen molar-refractivity contribution in [3.63, 3.8) is 0 Å². The van der Waals surface area contributed by atoms with Gasteiger partial charge < -0.3 is 19.4 Å². The van der Waals surface area contributed by atoms with Gasteiger partial charge in [0.1, 0.15) is 23.2 Å². The number of ether oxygens (including phenoxy) is 2. The van der Waals surface area contributed by atoms with Crippen LogP contribution in [0.3, 0.4) is 0 Å². The number of halogens is 1. The molecule has 2 atom stereocenters. The van der Waals surface area contributed by atoms with Crippen molar-refractivity contribution in [2.45, 2.75) is 51.6 Å². The topological polar surface area (TPSA) is 110 Å². The Kier molecular flexibility index (Phi) is 9.15. The number of ketones is 1. The highest BCUT2D eigenvalue weighted by Gasteiger charge is 2.24. The molecule has 1 fully saturated rings. The van der Waals surface area contributed by atoms with Gasteiger partial charge in [-0.15, -0.1) is 0 Å². The number of carbonyl (C=O) groups excluding carboxylic acids is 2. The van der Waals surface area contributed by atoms with Crippen LogP contribution in [0.1, 0.15) is 60.5 Å². The number of aromatic nitrogens is 1. The summed E-state index contributed by atoms with van der Waals surface area (Å²) in [4.78, 5) is 38.2. The summed E-state index contributed by atoms with van der Waals surface area (Å²) in [6.45, 7) is 2.42. The van der Waals surface area contributed by atoms with Crippen LogP contribution in [-0.2, 0) is 16.1 Å². The Morgan fingerprint density at radius 3 is 2.74 bits per heavy atom. The van der Waals surface area contributed by atoms with E-state index in [4.69, 9.17) is 9.47 Å². The first kappa shape index (κ1) is 26.1. The van der Waals surface area contributed by atoms with Crippen molar-refractivity contribution in [1.29, 1.82) is 5.26 Å². The SMILES string of the molecule is COCCCn1cc(C(=O)c2cc(F)ccc2OCC(=O)NC2CCCCC2C)cc(C#N)c1=O. The number of benzene rings is 1. The molecule has 8 nitrogen and oxygen atoms in total. The maximum atomic E-state index is 14.1. The molecule has 1 aliphatic carbocycles. The third kappa shape index (κ3) is 6.76. The highest BCUT2D eigenvalue weighted by Crippen LogP contribution is 2.25. The number of hydrogen-bond acceptors (Lipinski definition) is 6. The Hall–Kier alpha value is -3.51. The average molecular weight is 484 g/mol. The fourth-order valence-corrected chi connectivity index (χ4v) is 4.27. The molecular weight excluding hydrogens is 453 g/mol. The monoisotopic (exact) mass is 483 g/mol. The molecule has 0 saturated heterocycles. The Balaban J connectivity index is 1.81. The Morgan fingerprint density at radius 1 is 1.26 bits per heavy atom. The van der Waals surface area contributed by atoms with E-state index in [1.807, 2.05) is 0 Å². The van der Waals surface area contributed by atoms with E-state index in [2.05, 4.69) is 12.2 Å². The lowest BCUT2D eigenvalue weighted by molar-refractivity contribution is -0.124. The van der Waals surface area contributed by atoms with E-state index in [0.29, 0.717) is 18.9 Å². The molecule has 2 aromatic rings. The predicted molar refractivity (Wildman–Crippen MR) is 127 cm³/mol. The van der Waals surface area contributed by atoms with E-state index in [1.54, 1.807) is 6.07 Å².